The molecule has 3 heterocycles. The minimum Gasteiger partial charge on any atom is -0.309 e. The number of thiophene rings is 1. The number of para-hydroxylation sites is 1. The summed E-state index contributed by atoms with van der Waals surface area (Å²) in [4.78, 5) is 0. The van der Waals surface area contributed by atoms with Crippen LogP contribution >= 0.6 is 11.3 Å². The van der Waals surface area contributed by atoms with E-state index < -0.39 is 0 Å². The predicted molar refractivity (Wildman–Crippen MR) is 236 cm³/mol. The molecule has 0 spiro atoms. The first-order valence-corrected chi connectivity index (χ1v) is 19.7. The minimum atomic E-state index is 1.17. The van der Waals surface area contributed by atoms with Crippen LogP contribution in [0.25, 0.3) is 108 Å². The molecule has 0 bridgehead atoms. The molecule has 0 aliphatic carbocycles. The molecule has 0 aliphatic rings. The summed E-state index contributed by atoms with van der Waals surface area (Å²) in [5.74, 6) is 0. The van der Waals surface area contributed by atoms with Gasteiger partial charge in [0.2, 0.25) is 0 Å². The quantitative estimate of drug-likeness (QED) is 0.172. The summed E-state index contributed by atoms with van der Waals surface area (Å²) in [7, 11) is 0. The molecule has 0 N–H and O–H groups in total. The van der Waals surface area contributed by atoms with Crippen molar-refractivity contribution in [3.8, 4) is 33.6 Å². The maximum absolute atomic E-state index is 2.50. The van der Waals surface area contributed by atoms with Gasteiger partial charge in [-0.3, -0.25) is 0 Å². The molecule has 0 radical (unpaired) electrons. The Morgan fingerprint density at radius 1 is 0.327 bits per heavy atom. The van der Waals surface area contributed by atoms with Gasteiger partial charge in [0.25, 0.3) is 0 Å². The molecule has 2 nitrogen and oxygen atoms in total. The van der Waals surface area contributed by atoms with Gasteiger partial charge in [-0.2, -0.15) is 0 Å². The molecular weight excluding hydrogens is 685 g/mol. The van der Waals surface area contributed by atoms with Crippen molar-refractivity contribution >= 4 is 85.9 Å². The molecule has 0 atom stereocenters. The molecule has 0 saturated heterocycles. The van der Waals surface area contributed by atoms with Crippen molar-refractivity contribution < 1.29 is 0 Å². The lowest BCUT2D eigenvalue weighted by Gasteiger charge is -2.12. The molecule has 0 unspecified atom stereocenters. The maximum atomic E-state index is 2.50. The van der Waals surface area contributed by atoms with Crippen LogP contribution < -0.4 is 0 Å². The first-order valence-electron chi connectivity index (χ1n) is 18.8. The third kappa shape index (κ3) is 4.54. The highest BCUT2D eigenvalue weighted by Gasteiger charge is 2.20. The lowest BCUT2D eigenvalue weighted by atomic mass is 10.00. The summed E-state index contributed by atoms with van der Waals surface area (Å²) >= 11 is 1.88. The van der Waals surface area contributed by atoms with Gasteiger partial charge >= 0.3 is 0 Å². The first kappa shape index (κ1) is 30.5. The van der Waals surface area contributed by atoms with E-state index in [-0.39, 0.29) is 0 Å². The lowest BCUT2D eigenvalue weighted by molar-refractivity contribution is 1.19. The number of fused-ring (bicyclic) bond motifs is 11. The van der Waals surface area contributed by atoms with Crippen molar-refractivity contribution in [2.24, 2.45) is 0 Å². The van der Waals surface area contributed by atoms with Crippen LogP contribution in [0.5, 0.6) is 0 Å². The van der Waals surface area contributed by atoms with Crippen LogP contribution in [-0.4, -0.2) is 9.13 Å². The summed E-state index contributed by atoms with van der Waals surface area (Å²) in [6.45, 7) is 0. The highest BCUT2D eigenvalue weighted by atomic mass is 32.1. The number of nitrogens with zero attached hydrogens (tertiary/aromatic N) is 2. The summed E-state index contributed by atoms with van der Waals surface area (Å²) in [6.07, 6.45) is 0. The Bertz CT molecular complexity index is 3480. The zero-order valence-corrected chi connectivity index (χ0v) is 30.6. The average molecular weight is 717 g/mol. The minimum absolute atomic E-state index is 1.17. The molecule has 3 heteroatoms. The van der Waals surface area contributed by atoms with Crippen molar-refractivity contribution in [1.82, 2.24) is 9.13 Å². The largest absolute Gasteiger partial charge is 0.309 e. The second-order valence-corrected chi connectivity index (χ2v) is 15.6. The van der Waals surface area contributed by atoms with Gasteiger partial charge in [-0.1, -0.05) is 133 Å². The fourth-order valence-electron chi connectivity index (χ4n) is 9.03. The van der Waals surface area contributed by atoms with Crippen LogP contribution in [0.1, 0.15) is 0 Å². The predicted octanol–water partition coefficient (Wildman–Crippen LogP) is 14.7. The number of aromatic nitrogens is 2. The van der Waals surface area contributed by atoms with Gasteiger partial charge < -0.3 is 9.13 Å². The summed E-state index contributed by atoms with van der Waals surface area (Å²) in [6, 6.07) is 71.4. The highest BCUT2D eigenvalue weighted by Crippen LogP contribution is 2.45. The van der Waals surface area contributed by atoms with Gasteiger partial charge in [0.15, 0.2) is 0 Å². The first-order chi connectivity index (χ1) is 27.3. The molecule has 9 aromatic carbocycles. The van der Waals surface area contributed by atoms with Gasteiger partial charge in [-0.25, -0.2) is 0 Å². The molecule has 3 aromatic heterocycles. The fraction of sp³-hybridized carbons (Fsp3) is 0. The molecular formula is C52H32N2S. The van der Waals surface area contributed by atoms with Crippen LogP contribution in [0.15, 0.2) is 194 Å². The van der Waals surface area contributed by atoms with Crippen LogP contribution in [0, 0.1) is 0 Å². The van der Waals surface area contributed by atoms with Gasteiger partial charge in [0.05, 0.1) is 27.8 Å². The van der Waals surface area contributed by atoms with Crippen molar-refractivity contribution in [1.29, 1.82) is 0 Å². The van der Waals surface area contributed by atoms with Crippen LogP contribution in [0.2, 0.25) is 0 Å². The zero-order valence-electron chi connectivity index (χ0n) is 29.8. The normalized spacial score (nSPS) is 12.0. The maximum Gasteiger partial charge on any atom is 0.0634 e. The van der Waals surface area contributed by atoms with Crippen molar-refractivity contribution in [3.63, 3.8) is 0 Å². The van der Waals surface area contributed by atoms with Gasteiger partial charge in [-0.05, 0) is 88.3 Å². The Kier molecular flexibility index (Phi) is 6.54. The van der Waals surface area contributed by atoms with E-state index in [4.69, 9.17) is 0 Å². The van der Waals surface area contributed by atoms with E-state index in [0.29, 0.717) is 0 Å². The molecule has 256 valence electrons. The van der Waals surface area contributed by atoms with Crippen LogP contribution in [0.4, 0.5) is 0 Å². The van der Waals surface area contributed by atoms with Gasteiger partial charge in [-0.15, -0.1) is 11.3 Å². The van der Waals surface area contributed by atoms with Crippen LogP contribution in [-0.2, 0) is 0 Å². The summed E-state index contributed by atoms with van der Waals surface area (Å²) in [5.41, 5.74) is 12.1. The SMILES string of the molecule is c1ccc(-c2cccc(-n3c4ccc(-c5ccc6c(c5)c5ccccc5n6-c5cccc6ccccc56)cc4c4ccc5sc6ccccc6c5c43)c2)cc1. The number of benzene rings is 9. The Labute approximate surface area is 321 Å². The van der Waals surface area contributed by atoms with E-state index in [1.807, 2.05) is 11.3 Å². The fourth-order valence-corrected chi connectivity index (χ4v) is 10.1. The number of hydrogen-bond acceptors (Lipinski definition) is 1. The Balaban J connectivity index is 1.11. The Morgan fingerprint density at radius 2 is 0.945 bits per heavy atom. The molecule has 0 fully saturated rings. The van der Waals surface area contributed by atoms with E-state index >= 15 is 0 Å². The molecule has 12 aromatic rings. The van der Waals surface area contributed by atoms with Crippen molar-refractivity contribution in [2.45, 2.75) is 0 Å². The van der Waals surface area contributed by atoms with E-state index in [1.165, 1.54) is 108 Å². The topological polar surface area (TPSA) is 9.86 Å². The Morgan fingerprint density at radius 3 is 1.80 bits per heavy atom. The zero-order chi connectivity index (χ0) is 36.0. The monoisotopic (exact) mass is 716 g/mol. The van der Waals surface area contributed by atoms with E-state index in [1.54, 1.807) is 0 Å². The summed E-state index contributed by atoms with van der Waals surface area (Å²) < 4.78 is 7.57. The number of rotatable bonds is 4. The van der Waals surface area contributed by atoms with Gasteiger partial charge in [0, 0.05) is 52.8 Å². The smallest absolute Gasteiger partial charge is 0.0634 e. The van der Waals surface area contributed by atoms with E-state index in [0.717, 1.165) is 0 Å². The average Bonchev–Trinajstić information content (AvgIpc) is 3.91. The second-order valence-electron chi connectivity index (χ2n) is 14.5. The molecule has 0 saturated carbocycles. The molecule has 0 aliphatic heterocycles. The molecule has 12 rings (SSSR count). The standard InChI is InChI=1S/C52H32N2S/c1-2-12-33(13-3-1)35-16-10-17-38(30-35)53-47-27-24-37(32-44(47)41-26-29-50-51(52(41)53)42-20-7-9-23-49(42)55-50)36-25-28-48-43(31-36)40-19-6-8-21-46(40)54(48)45-22-11-15-34-14-4-5-18-39(34)45/h1-32H. The second kappa shape index (κ2) is 11.8. The van der Waals surface area contributed by atoms with Gasteiger partial charge in [0.1, 0.15) is 0 Å². The summed E-state index contributed by atoms with van der Waals surface area (Å²) in [5, 5.41) is 10.2. The highest BCUT2D eigenvalue weighted by molar-refractivity contribution is 7.26. The van der Waals surface area contributed by atoms with E-state index in [9.17, 15) is 0 Å². The lowest BCUT2D eigenvalue weighted by Crippen LogP contribution is -1.95. The van der Waals surface area contributed by atoms with Crippen molar-refractivity contribution in [2.75, 3.05) is 0 Å². The van der Waals surface area contributed by atoms with Crippen LogP contribution in [0.3, 0.4) is 0 Å². The molecule has 0 amide bonds. The third-order valence-corrected chi connectivity index (χ3v) is 12.6. The third-order valence-electron chi connectivity index (χ3n) is 11.5. The molecule has 55 heavy (non-hydrogen) atoms. The van der Waals surface area contributed by atoms with E-state index in [2.05, 4.69) is 203 Å². The Hall–Kier alpha value is -6.94. The van der Waals surface area contributed by atoms with Crippen molar-refractivity contribution in [3.05, 3.63) is 194 Å². The number of hydrogen-bond donors (Lipinski definition) is 0.